The number of hydrogen-bond donors (Lipinski definition) is 0. The van der Waals surface area contributed by atoms with E-state index in [1.165, 1.54) is 0 Å². The third-order valence-electron chi connectivity index (χ3n) is 3.05. The van der Waals surface area contributed by atoms with Gasteiger partial charge in [0.2, 0.25) is 0 Å². The molecule has 18 heavy (non-hydrogen) atoms. The molecule has 1 heterocycles. The Labute approximate surface area is 105 Å². The Morgan fingerprint density at radius 1 is 0.833 bits per heavy atom. The number of benzene rings is 2. The highest BCUT2D eigenvalue weighted by Crippen LogP contribution is 2.36. The predicted molar refractivity (Wildman–Crippen MR) is 72.4 cm³/mol. The average Bonchev–Trinajstić information content (AvgIpc) is 2.44. The van der Waals surface area contributed by atoms with Crippen molar-refractivity contribution in [2.45, 2.75) is 0 Å². The first-order chi connectivity index (χ1) is 8.85. The minimum Gasteiger partial charge on any atom is -0.495 e. The molecule has 0 fully saturated rings. The van der Waals surface area contributed by atoms with Crippen LogP contribution in [0.15, 0.2) is 42.5 Å². The molecule has 3 aromatic rings. The lowest BCUT2D eigenvalue weighted by molar-refractivity contribution is 0.416. The number of para-hydroxylation sites is 2. The van der Waals surface area contributed by atoms with E-state index >= 15 is 0 Å². The van der Waals surface area contributed by atoms with Crippen molar-refractivity contribution in [3.63, 3.8) is 0 Å². The zero-order valence-electron chi connectivity index (χ0n) is 10.3. The minimum atomic E-state index is 0.761. The first kappa shape index (κ1) is 10.8. The molecule has 0 atom stereocenters. The van der Waals surface area contributed by atoms with Gasteiger partial charge in [-0.1, -0.05) is 18.2 Å². The van der Waals surface area contributed by atoms with Gasteiger partial charge < -0.3 is 9.47 Å². The third-order valence-corrected chi connectivity index (χ3v) is 3.05. The summed E-state index contributed by atoms with van der Waals surface area (Å²) >= 11 is 0. The molecule has 0 N–H and O–H groups in total. The van der Waals surface area contributed by atoms with Crippen molar-refractivity contribution < 1.29 is 9.47 Å². The van der Waals surface area contributed by atoms with Crippen molar-refractivity contribution in [2.75, 3.05) is 14.2 Å². The SMILES string of the molecule is COc1c2ccccc2nc2c(OC)cccc12. The number of fused-ring (bicyclic) bond motifs is 2. The van der Waals surface area contributed by atoms with Gasteiger partial charge in [0, 0.05) is 10.8 Å². The summed E-state index contributed by atoms with van der Waals surface area (Å²) in [4.78, 5) is 4.65. The number of hydrogen-bond acceptors (Lipinski definition) is 3. The molecule has 90 valence electrons. The molecule has 3 heteroatoms. The van der Waals surface area contributed by atoms with Crippen LogP contribution in [-0.4, -0.2) is 19.2 Å². The van der Waals surface area contributed by atoms with Crippen LogP contribution in [0.4, 0.5) is 0 Å². The molecule has 0 saturated heterocycles. The quantitative estimate of drug-likeness (QED) is 0.642. The number of methoxy groups -OCH3 is 2. The van der Waals surface area contributed by atoms with Gasteiger partial charge in [-0.25, -0.2) is 4.98 Å². The van der Waals surface area contributed by atoms with Gasteiger partial charge in [-0.15, -0.1) is 0 Å². The van der Waals surface area contributed by atoms with Crippen molar-refractivity contribution in [3.8, 4) is 11.5 Å². The van der Waals surface area contributed by atoms with E-state index in [1.807, 2.05) is 42.5 Å². The Balaban J connectivity index is 2.53. The van der Waals surface area contributed by atoms with Crippen LogP contribution in [0.5, 0.6) is 11.5 Å². The Morgan fingerprint density at radius 3 is 2.39 bits per heavy atom. The second kappa shape index (κ2) is 4.18. The summed E-state index contributed by atoms with van der Waals surface area (Å²) in [5.74, 6) is 1.60. The van der Waals surface area contributed by atoms with Gasteiger partial charge in [-0.3, -0.25) is 0 Å². The third kappa shape index (κ3) is 1.48. The maximum absolute atomic E-state index is 5.54. The number of aromatic nitrogens is 1. The number of pyridine rings is 1. The zero-order chi connectivity index (χ0) is 12.5. The van der Waals surface area contributed by atoms with E-state index in [0.29, 0.717) is 0 Å². The topological polar surface area (TPSA) is 31.4 Å². The maximum atomic E-state index is 5.54. The van der Waals surface area contributed by atoms with Crippen LogP contribution >= 0.6 is 0 Å². The highest BCUT2D eigenvalue weighted by molar-refractivity contribution is 6.02. The first-order valence-corrected chi connectivity index (χ1v) is 5.74. The molecular weight excluding hydrogens is 226 g/mol. The van der Waals surface area contributed by atoms with Crippen molar-refractivity contribution in [1.82, 2.24) is 4.98 Å². The van der Waals surface area contributed by atoms with E-state index in [4.69, 9.17) is 9.47 Å². The molecule has 0 aliphatic rings. The largest absolute Gasteiger partial charge is 0.495 e. The van der Waals surface area contributed by atoms with Gasteiger partial charge in [0.25, 0.3) is 0 Å². The molecule has 0 bridgehead atoms. The van der Waals surface area contributed by atoms with E-state index < -0.39 is 0 Å². The number of nitrogens with zero attached hydrogens (tertiary/aromatic N) is 1. The van der Waals surface area contributed by atoms with Crippen LogP contribution in [0.2, 0.25) is 0 Å². The lowest BCUT2D eigenvalue weighted by Gasteiger charge is -2.11. The van der Waals surface area contributed by atoms with Crippen LogP contribution in [0.1, 0.15) is 0 Å². The predicted octanol–water partition coefficient (Wildman–Crippen LogP) is 3.41. The molecule has 3 rings (SSSR count). The molecule has 0 amide bonds. The van der Waals surface area contributed by atoms with Crippen molar-refractivity contribution in [1.29, 1.82) is 0 Å². The minimum absolute atomic E-state index is 0.761. The van der Waals surface area contributed by atoms with Gasteiger partial charge in [0.05, 0.1) is 19.7 Å². The standard InChI is InChI=1S/C15H13NO2/c1-17-13-9-5-7-11-14(13)16-12-8-4-3-6-10(12)15(11)18-2/h3-9H,1-2H3. The van der Waals surface area contributed by atoms with Gasteiger partial charge >= 0.3 is 0 Å². The molecule has 3 nitrogen and oxygen atoms in total. The number of rotatable bonds is 2. The van der Waals surface area contributed by atoms with E-state index in [-0.39, 0.29) is 0 Å². The Kier molecular flexibility index (Phi) is 2.52. The first-order valence-electron chi connectivity index (χ1n) is 5.74. The molecule has 0 aliphatic carbocycles. The van der Waals surface area contributed by atoms with Gasteiger partial charge in [0.1, 0.15) is 17.0 Å². The van der Waals surface area contributed by atoms with Crippen LogP contribution in [0, 0.1) is 0 Å². The van der Waals surface area contributed by atoms with E-state index in [0.717, 1.165) is 33.3 Å². The summed E-state index contributed by atoms with van der Waals surface area (Å²) < 4.78 is 10.9. The second-order valence-electron chi connectivity index (χ2n) is 4.02. The molecule has 0 unspecified atom stereocenters. The summed E-state index contributed by atoms with van der Waals surface area (Å²) in [7, 11) is 3.33. The van der Waals surface area contributed by atoms with Crippen LogP contribution in [0.25, 0.3) is 21.8 Å². The molecule has 0 aliphatic heterocycles. The van der Waals surface area contributed by atoms with Crippen LogP contribution in [-0.2, 0) is 0 Å². The monoisotopic (exact) mass is 239 g/mol. The van der Waals surface area contributed by atoms with Crippen molar-refractivity contribution in [3.05, 3.63) is 42.5 Å². The van der Waals surface area contributed by atoms with Gasteiger partial charge in [-0.2, -0.15) is 0 Å². The fraction of sp³-hybridized carbons (Fsp3) is 0.133. The molecule has 2 aromatic carbocycles. The molecule has 1 aromatic heterocycles. The Hall–Kier alpha value is -2.29. The Morgan fingerprint density at radius 2 is 1.61 bits per heavy atom. The highest BCUT2D eigenvalue weighted by atomic mass is 16.5. The zero-order valence-corrected chi connectivity index (χ0v) is 10.3. The van der Waals surface area contributed by atoms with Crippen LogP contribution < -0.4 is 9.47 Å². The summed E-state index contributed by atoms with van der Waals surface area (Å²) in [6.45, 7) is 0. The lowest BCUT2D eigenvalue weighted by atomic mass is 10.1. The second-order valence-corrected chi connectivity index (χ2v) is 4.02. The molecule has 0 saturated carbocycles. The average molecular weight is 239 g/mol. The maximum Gasteiger partial charge on any atom is 0.145 e. The van der Waals surface area contributed by atoms with E-state index in [1.54, 1.807) is 14.2 Å². The fourth-order valence-electron chi connectivity index (χ4n) is 2.23. The fourth-order valence-corrected chi connectivity index (χ4v) is 2.23. The summed E-state index contributed by atoms with van der Waals surface area (Å²) in [6.07, 6.45) is 0. The van der Waals surface area contributed by atoms with Crippen LogP contribution in [0.3, 0.4) is 0 Å². The molecule has 0 radical (unpaired) electrons. The molecular formula is C15H13NO2. The number of ether oxygens (including phenoxy) is 2. The van der Waals surface area contributed by atoms with Crippen molar-refractivity contribution >= 4 is 21.8 Å². The summed E-state index contributed by atoms with van der Waals surface area (Å²) in [6, 6.07) is 13.8. The van der Waals surface area contributed by atoms with E-state index in [2.05, 4.69) is 4.98 Å². The van der Waals surface area contributed by atoms with Crippen molar-refractivity contribution in [2.24, 2.45) is 0 Å². The summed E-state index contributed by atoms with van der Waals surface area (Å²) in [5.41, 5.74) is 1.74. The Bertz CT molecular complexity index is 722. The van der Waals surface area contributed by atoms with Gasteiger partial charge in [-0.05, 0) is 24.3 Å². The highest BCUT2D eigenvalue weighted by Gasteiger charge is 2.11. The lowest BCUT2D eigenvalue weighted by Crippen LogP contribution is -1.93. The van der Waals surface area contributed by atoms with E-state index in [9.17, 15) is 0 Å². The smallest absolute Gasteiger partial charge is 0.145 e. The molecule has 0 spiro atoms. The summed E-state index contributed by atoms with van der Waals surface area (Å²) in [5, 5.41) is 1.98. The van der Waals surface area contributed by atoms with Gasteiger partial charge in [0.15, 0.2) is 0 Å². The normalized spacial score (nSPS) is 10.8.